The average molecular weight is 389 g/mol. The minimum absolute atomic E-state index is 0.0152. The molecule has 0 atom stereocenters. The highest BCUT2D eigenvalue weighted by Gasteiger charge is 2.09. The van der Waals surface area contributed by atoms with Crippen LogP contribution in [0.15, 0.2) is 29.6 Å². The lowest BCUT2D eigenvalue weighted by Gasteiger charge is -2.04. The number of amides is 3. The predicted octanol–water partition coefficient (Wildman–Crippen LogP) is 0.892. The topological polar surface area (TPSA) is 126 Å². The van der Waals surface area contributed by atoms with Crippen molar-refractivity contribution in [2.24, 2.45) is 5.73 Å². The normalized spacial score (nSPS) is 10.3. The molecule has 27 heavy (non-hydrogen) atoms. The number of aromatic nitrogens is 1. The van der Waals surface area contributed by atoms with Gasteiger partial charge in [0.1, 0.15) is 0 Å². The monoisotopic (exact) mass is 389 g/mol. The third kappa shape index (κ3) is 7.16. The summed E-state index contributed by atoms with van der Waals surface area (Å²) in [4.78, 5) is 38.0. The molecule has 0 radical (unpaired) electrons. The number of rotatable bonds is 9. The molecule has 1 heterocycles. The average Bonchev–Trinajstić information content (AvgIpc) is 3.12. The van der Waals surface area contributed by atoms with Gasteiger partial charge < -0.3 is 21.7 Å². The van der Waals surface area contributed by atoms with Crippen molar-refractivity contribution in [2.75, 3.05) is 25.0 Å². The van der Waals surface area contributed by atoms with Crippen LogP contribution in [0, 0.1) is 0 Å². The number of carbonyl (C=O) groups excluding carboxylic acids is 3. The lowest BCUT2D eigenvalue weighted by molar-refractivity contribution is -0.123. The van der Waals surface area contributed by atoms with E-state index in [1.807, 2.05) is 29.6 Å². The molecule has 0 aliphatic heterocycles. The summed E-state index contributed by atoms with van der Waals surface area (Å²) >= 11 is 1.32. The first-order valence-corrected chi connectivity index (χ1v) is 9.42. The Morgan fingerprint density at radius 3 is 2.52 bits per heavy atom. The smallest absolute Gasteiger partial charge is 0.245 e. The molecule has 0 bridgehead atoms. The lowest BCUT2D eigenvalue weighted by atomic mass is 10.1. The van der Waals surface area contributed by atoms with E-state index in [9.17, 15) is 14.4 Å². The van der Waals surface area contributed by atoms with Gasteiger partial charge in [0.2, 0.25) is 17.7 Å². The van der Waals surface area contributed by atoms with Crippen LogP contribution < -0.4 is 21.7 Å². The van der Waals surface area contributed by atoms with Crippen molar-refractivity contribution < 1.29 is 14.4 Å². The van der Waals surface area contributed by atoms with Crippen molar-refractivity contribution in [1.29, 1.82) is 0 Å². The Morgan fingerprint density at radius 2 is 1.85 bits per heavy atom. The maximum atomic E-state index is 11.8. The van der Waals surface area contributed by atoms with Gasteiger partial charge in [0.15, 0.2) is 5.13 Å². The fourth-order valence-corrected chi connectivity index (χ4v) is 3.01. The van der Waals surface area contributed by atoms with Crippen molar-refractivity contribution >= 4 is 34.2 Å². The highest BCUT2D eigenvalue weighted by molar-refractivity contribution is 7.14. The maximum absolute atomic E-state index is 11.8. The van der Waals surface area contributed by atoms with Gasteiger partial charge >= 0.3 is 0 Å². The van der Waals surface area contributed by atoms with E-state index in [-0.39, 0.29) is 30.8 Å². The van der Waals surface area contributed by atoms with Crippen molar-refractivity contribution in [3.05, 3.63) is 35.2 Å². The Balaban J connectivity index is 1.85. The molecule has 144 valence electrons. The van der Waals surface area contributed by atoms with Gasteiger partial charge in [-0.3, -0.25) is 14.4 Å². The number of anilines is 1. The number of nitrogens with one attached hydrogen (secondary N) is 3. The first-order valence-electron chi connectivity index (χ1n) is 8.54. The second-order valence-electron chi connectivity index (χ2n) is 5.85. The van der Waals surface area contributed by atoms with Crippen LogP contribution in [-0.4, -0.2) is 42.3 Å². The zero-order valence-electron chi connectivity index (χ0n) is 15.1. The van der Waals surface area contributed by atoms with Gasteiger partial charge in [0.25, 0.3) is 0 Å². The largest absolute Gasteiger partial charge is 0.356 e. The van der Waals surface area contributed by atoms with Crippen molar-refractivity contribution in [3.8, 4) is 11.3 Å². The molecule has 9 heteroatoms. The minimum Gasteiger partial charge on any atom is -0.356 e. The van der Waals surface area contributed by atoms with E-state index in [2.05, 4.69) is 20.9 Å². The summed E-state index contributed by atoms with van der Waals surface area (Å²) in [5.74, 6) is -0.757. The maximum Gasteiger partial charge on any atom is 0.245 e. The molecular formula is C18H23N5O3S. The Morgan fingerprint density at radius 1 is 1.11 bits per heavy atom. The van der Waals surface area contributed by atoms with E-state index < -0.39 is 0 Å². The van der Waals surface area contributed by atoms with Crippen molar-refractivity contribution in [1.82, 2.24) is 15.6 Å². The molecule has 3 amide bonds. The van der Waals surface area contributed by atoms with Gasteiger partial charge in [-0.2, -0.15) is 0 Å². The molecule has 2 rings (SSSR count). The quantitative estimate of drug-likeness (QED) is 0.474. The van der Waals surface area contributed by atoms with Crippen LogP contribution in [0.2, 0.25) is 0 Å². The third-order valence-electron chi connectivity index (χ3n) is 3.65. The number of carbonyl (C=O) groups is 3. The summed E-state index contributed by atoms with van der Waals surface area (Å²) < 4.78 is 0. The number of thiazole rings is 1. The molecule has 0 aliphatic carbocycles. The molecule has 8 nitrogen and oxygen atoms in total. The molecule has 0 fully saturated rings. The zero-order chi connectivity index (χ0) is 19.6. The van der Waals surface area contributed by atoms with Crippen LogP contribution in [0.3, 0.4) is 0 Å². The van der Waals surface area contributed by atoms with Crippen LogP contribution in [-0.2, 0) is 20.8 Å². The van der Waals surface area contributed by atoms with Crippen molar-refractivity contribution in [2.45, 2.75) is 19.8 Å². The Labute approximate surface area is 161 Å². The first kappa shape index (κ1) is 20.5. The molecular weight excluding hydrogens is 366 g/mol. The fraction of sp³-hybridized carbons (Fsp3) is 0.333. The van der Waals surface area contributed by atoms with Crippen LogP contribution in [0.4, 0.5) is 5.13 Å². The van der Waals surface area contributed by atoms with Crippen LogP contribution in [0.25, 0.3) is 11.3 Å². The standard InChI is InChI=1S/C18H23N5O3S/c1-12(24)20-8-2-3-13-4-6-14(7-5-13)15-11-27-18(22-15)23-17(26)10-21-16(25)9-19/h4-7,11H,2-3,8-10,19H2,1H3,(H,20,24)(H,21,25)(H,22,23,26). The summed E-state index contributed by atoms with van der Waals surface area (Å²) in [6.45, 7) is 1.88. The molecule has 0 saturated heterocycles. The second kappa shape index (κ2) is 10.4. The molecule has 2 aromatic rings. The van der Waals surface area contributed by atoms with Gasteiger partial charge in [-0.1, -0.05) is 24.3 Å². The molecule has 1 aromatic carbocycles. The third-order valence-corrected chi connectivity index (χ3v) is 4.41. The summed E-state index contributed by atoms with van der Waals surface area (Å²) in [5, 5.41) is 10.2. The van der Waals surface area contributed by atoms with Crippen LogP contribution >= 0.6 is 11.3 Å². The van der Waals surface area contributed by atoms with Gasteiger partial charge in [-0.25, -0.2) is 4.98 Å². The zero-order valence-corrected chi connectivity index (χ0v) is 15.9. The van der Waals surface area contributed by atoms with Crippen LogP contribution in [0.5, 0.6) is 0 Å². The molecule has 0 saturated carbocycles. The number of benzene rings is 1. The van der Waals surface area contributed by atoms with E-state index in [0.717, 1.165) is 24.1 Å². The van der Waals surface area contributed by atoms with E-state index in [1.54, 1.807) is 0 Å². The van der Waals surface area contributed by atoms with Gasteiger partial charge in [0, 0.05) is 24.4 Å². The Bertz CT molecular complexity index is 789. The second-order valence-corrected chi connectivity index (χ2v) is 6.71. The highest BCUT2D eigenvalue weighted by Crippen LogP contribution is 2.25. The van der Waals surface area contributed by atoms with E-state index in [4.69, 9.17) is 5.73 Å². The first-order chi connectivity index (χ1) is 13.0. The summed E-state index contributed by atoms with van der Waals surface area (Å²) in [7, 11) is 0. The SMILES string of the molecule is CC(=O)NCCCc1ccc(-c2csc(NC(=O)CNC(=O)CN)n2)cc1. The van der Waals surface area contributed by atoms with E-state index in [1.165, 1.54) is 23.8 Å². The lowest BCUT2D eigenvalue weighted by Crippen LogP contribution is -2.36. The van der Waals surface area contributed by atoms with E-state index in [0.29, 0.717) is 11.7 Å². The number of nitrogens with zero attached hydrogens (tertiary/aromatic N) is 1. The summed E-state index contributed by atoms with van der Waals surface area (Å²) in [6.07, 6.45) is 1.76. The Kier molecular flexibility index (Phi) is 7.90. The molecule has 0 aliphatic rings. The predicted molar refractivity (Wildman–Crippen MR) is 105 cm³/mol. The highest BCUT2D eigenvalue weighted by atomic mass is 32.1. The fourth-order valence-electron chi connectivity index (χ4n) is 2.28. The molecule has 0 spiro atoms. The van der Waals surface area contributed by atoms with Gasteiger partial charge in [-0.15, -0.1) is 11.3 Å². The summed E-state index contributed by atoms with van der Waals surface area (Å²) in [5.41, 5.74) is 8.07. The number of nitrogens with two attached hydrogens (primary N) is 1. The van der Waals surface area contributed by atoms with E-state index >= 15 is 0 Å². The Hall–Kier alpha value is -2.78. The number of aryl methyl sites for hydroxylation is 1. The molecule has 1 aromatic heterocycles. The molecule has 5 N–H and O–H groups in total. The van der Waals surface area contributed by atoms with Gasteiger partial charge in [-0.05, 0) is 18.4 Å². The minimum atomic E-state index is -0.387. The number of hydrogen-bond donors (Lipinski definition) is 4. The van der Waals surface area contributed by atoms with Gasteiger partial charge in [0.05, 0.1) is 18.8 Å². The van der Waals surface area contributed by atoms with Crippen LogP contribution in [0.1, 0.15) is 18.9 Å². The molecule has 0 unspecified atom stereocenters. The number of hydrogen-bond acceptors (Lipinski definition) is 6. The van der Waals surface area contributed by atoms with Crippen molar-refractivity contribution in [3.63, 3.8) is 0 Å². The summed E-state index contributed by atoms with van der Waals surface area (Å²) in [6, 6.07) is 8.03.